The molecule has 0 fully saturated rings. The molecule has 0 radical (unpaired) electrons. The van der Waals surface area contributed by atoms with Gasteiger partial charge in [0, 0.05) is 6.92 Å². The van der Waals surface area contributed by atoms with Gasteiger partial charge in [0.1, 0.15) is 6.42 Å². The monoisotopic (exact) mass is 598 g/mol. The molecule has 0 heterocycles. The molecule has 0 spiro atoms. The molecule has 0 aliphatic carbocycles. The zero-order valence-electron chi connectivity index (χ0n) is 15.9. The fourth-order valence-electron chi connectivity index (χ4n) is 1.63. The Balaban J connectivity index is 6.08. The van der Waals surface area contributed by atoms with E-state index in [2.05, 4.69) is 0 Å². The smallest absolute Gasteiger partial charge is 0.274 e. The first kappa shape index (κ1) is 33.3. The lowest BCUT2D eigenvalue weighted by molar-refractivity contribution is -0.277. The number of sulfonamides is 2. The second-order valence-electron chi connectivity index (χ2n) is 6.42. The lowest BCUT2D eigenvalue weighted by Crippen LogP contribution is -2.65. The Morgan fingerprint density at radius 2 is 1.03 bits per heavy atom. The summed E-state index contributed by atoms with van der Waals surface area (Å²) in [6, 6.07) is 0. The van der Waals surface area contributed by atoms with Crippen molar-refractivity contribution in [3.63, 3.8) is 0 Å². The number of nitrogens with one attached hydrogen (secondary N) is 2. The van der Waals surface area contributed by atoms with Crippen molar-refractivity contribution in [2.24, 2.45) is 0 Å². The van der Waals surface area contributed by atoms with E-state index in [9.17, 15) is 87.5 Å². The maximum Gasteiger partial charge on any atom is 0.431 e. The number of hydrogen-bond donors (Lipinski definition) is 2. The van der Waals surface area contributed by atoms with Gasteiger partial charge in [-0.25, -0.2) is 17.9 Å². The maximum absolute atomic E-state index is 13.6. The molecule has 0 saturated heterocycles. The van der Waals surface area contributed by atoms with Crippen LogP contribution >= 0.6 is 0 Å². The second kappa shape index (κ2) is 8.99. The van der Waals surface area contributed by atoms with Crippen LogP contribution in [0.1, 0.15) is 13.3 Å². The van der Waals surface area contributed by atoms with Crippen molar-refractivity contribution in [2.75, 3.05) is 6.54 Å². The van der Waals surface area contributed by atoms with Gasteiger partial charge in [-0.2, -0.15) is 74.3 Å². The van der Waals surface area contributed by atoms with Crippen molar-refractivity contribution < 1.29 is 87.5 Å². The molecule has 2 N–H and O–H groups in total. The summed E-state index contributed by atoms with van der Waals surface area (Å²) in [6.45, 7) is -4.73. The van der Waals surface area contributed by atoms with E-state index in [4.69, 9.17) is 0 Å². The molecule has 0 bridgehead atoms. The van der Waals surface area contributed by atoms with Crippen LogP contribution in [0.5, 0.6) is 0 Å². The summed E-state index contributed by atoms with van der Waals surface area (Å²) in [5.74, 6) is -30.1. The third-order valence-electron chi connectivity index (χ3n) is 3.51. The van der Waals surface area contributed by atoms with E-state index in [0.29, 0.717) is 0 Å². The number of hydrogen-bond acceptors (Lipinski definition) is 5. The standard InChI is InChI=1S/C11H9F15N2O5S2/c1-5(12,13)8(19,20)10(23,24)34(30,31)27-3-6(14,15)9(21,22)11(25,26)35(32,33)28-4(29)2-7(16,17)18/h27H,2-3H2,1H3,(H,28,29). The van der Waals surface area contributed by atoms with E-state index < -0.39 is 90.9 Å². The number of halogens is 15. The number of rotatable bonds is 11. The van der Waals surface area contributed by atoms with E-state index >= 15 is 0 Å². The molecule has 35 heavy (non-hydrogen) atoms. The van der Waals surface area contributed by atoms with Crippen molar-refractivity contribution in [1.82, 2.24) is 9.44 Å². The summed E-state index contributed by atoms with van der Waals surface area (Å²) in [7, 11) is -15.0. The predicted octanol–water partition coefficient (Wildman–Crippen LogP) is 3.05. The molecular weight excluding hydrogens is 589 g/mol. The van der Waals surface area contributed by atoms with Crippen LogP contribution in [-0.4, -0.2) is 69.7 Å². The van der Waals surface area contributed by atoms with Crippen LogP contribution in [0, 0.1) is 0 Å². The van der Waals surface area contributed by atoms with Crippen LogP contribution < -0.4 is 9.44 Å². The molecule has 0 aliphatic heterocycles. The molecule has 0 saturated carbocycles. The Kier molecular flexibility index (Phi) is 8.55. The van der Waals surface area contributed by atoms with E-state index in [1.165, 1.54) is 0 Å². The molecule has 0 aromatic rings. The number of alkyl halides is 15. The molecule has 0 atom stereocenters. The van der Waals surface area contributed by atoms with Crippen LogP contribution in [0.3, 0.4) is 0 Å². The van der Waals surface area contributed by atoms with Gasteiger partial charge in [0.05, 0.1) is 6.54 Å². The van der Waals surface area contributed by atoms with Gasteiger partial charge >= 0.3 is 50.4 Å². The van der Waals surface area contributed by atoms with Crippen LogP contribution in [0.25, 0.3) is 0 Å². The Bertz CT molecular complexity index is 1010. The SMILES string of the molecule is CC(F)(F)C(F)(F)C(F)(F)S(=O)(=O)NCC(F)(F)C(F)(F)C(F)(F)S(=O)(=O)NC(=O)CC(F)(F)F. The van der Waals surface area contributed by atoms with Crippen molar-refractivity contribution in [2.45, 2.75) is 53.7 Å². The van der Waals surface area contributed by atoms with Crippen LogP contribution in [0.2, 0.25) is 0 Å². The van der Waals surface area contributed by atoms with Gasteiger partial charge in [-0.1, -0.05) is 0 Å². The molecule has 24 heteroatoms. The largest absolute Gasteiger partial charge is 0.431 e. The lowest BCUT2D eigenvalue weighted by Gasteiger charge is -2.33. The maximum atomic E-state index is 13.6. The van der Waals surface area contributed by atoms with Gasteiger partial charge in [-0.3, -0.25) is 4.79 Å². The van der Waals surface area contributed by atoms with Gasteiger partial charge < -0.3 is 0 Å². The van der Waals surface area contributed by atoms with Gasteiger partial charge in [0.15, 0.2) is 0 Å². The molecule has 0 rings (SSSR count). The van der Waals surface area contributed by atoms with Crippen molar-refractivity contribution in [1.29, 1.82) is 0 Å². The summed E-state index contributed by atoms with van der Waals surface area (Å²) in [5, 5.41) is -14.3. The number of amides is 1. The highest BCUT2D eigenvalue weighted by molar-refractivity contribution is 7.91. The molecule has 1 amide bonds. The molecule has 210 valence electrons. The Labute approximate surface area is 184 Å². The van der Waals surface area contributed by atoms with E-state index in [1.807, 2.05) is 0 Å². The normalized spacial score (nSPS) is 15.8. The summed E-state index contributed by atoms with van der Waals surface area (Å²) in [6.07, 6.45) is -8.53. The third kappa shape index (κ3) is 6.17. The van der Waals surface area contributed by atoms with Gasteiger partial charge in [-0.15, -0.1) is 0 Å². The predicted molar refractivity (Wildman–Crippen MR) is 80.0 cm³/mol. The van der Waals surface area contributed by atoms with Gasteiger partial charge in [-0.05, 0) is 0 Å². The van der Waals surface area contributed by atoms with Crippen molar-refractivity contribution >= 4 is 26.0 Å². The number of carbonyl (C=O) groups excluding carboxylic acids is 1. The highest BCUT2D eigenvalue weighted by Gasteiger charge is 2.79. The molecule has 0 aromatic carbocycles. The minimum atomic E-state index is -7.53. The number of carbonyl (C=O) groups is 1. The van der Waals surface area contributed by atoms with E-state index in [1.54, 1.807) is 0 Å². The average Bonchev–Trinajstić information content (AvgIpc) is 2.56. The zero-order chi connectivity index (χ0) is 28.9. The fraction of sp³-hybridized carbons (Fsp3) is 0.909. The highest BCUT2D eigenvalue weighted by atomic mass is 32.2. The van der Waals surface area contributed by atoms with Crippen LogP contribution in [-0.2, 0) is 24.8 Å². The summed E-state index contributed by atoms with van der Waals surface area (Å²) < 4.78 is 239. The van der Waals surface area contributed by atoms with Crippen molar-refractivity contribution in [3.05, 3.63) is 0 Å². The molecule has 0 aliphatic rings. The van der Waals surface area contributed by atoms with Gasteiger partial charge in [0.2, 0.25) is 5.91 Å². The minimum absolute atomic E-state index is 0.327. The third-order valence-corrected chi connectivity index (χ3v) is 6.39. The topological polar surface area (TPSA) is 109 Å². The summed E-state index contributed by atoms with van der Waals surface area (Å²) in [5.41, 5.74) is 0. The van der Waals surface area contributed by atoms with Crippen molar-refractivity contribution in [3.8, 4) is 0 Å². The molecule has 0 unspecified atom stereocenters. The lowest BCUT2D eigenvalue weighted by atomic mass is 10.2. The average molecular weight is 598 g/mol. The van der Waals surface area contributed by atoms with Crippen LogP contribution in [0.4, 0.5) is 65.9 Å². The second-order valence-corrected chi connectivity index (χ2v) is 9.95. The Morgan fingerprint density at radius 3 is 1.37 bits per heavy atom. The molecular formula is C11H9F15N2O5S2. The molecule has 7 nitrogen and oxygen atoms in total. The Hall–Kier alpha value is -1.72. The zero-order valence-corrected chi connectivity index (χ0v) is 17.6. The summed E-state index contributed by atoms with van der Waals surface area (Å²) in [4.78, 5) is 10.8. The van der Waals surface area contributed by atoms with E-state index in [-0.39, 0.29) is 4.72 Å². The first-order valence-corrected chi connectivity index (χ1v) is 10.7. The Morgan fingerprint density at radius 1 is 0.657 bits per heavy atom. The van der Waals surface area contributed by atoms with E-state index in [0.717, 1.165) is 0 Å². The first-order valence-electron chi connectivity index (χ1n) is 7.69. The first-order chi connectivity index (χ1) is 14.8. The fourth-order valence-corrected chi connectivity index (χ4v) is 3.68. The highest BCUT2D eigenvalue weighted by Crippen LogP contribution is 2.50. The summed E-state index contributed by atoms with van der Waals surface area (Å²) >= 11 is 0. The molecule has 0 aromatic heterocycles. The minimum Gasteiger partial charge on any atom is -0.274 e. The van der Waals surface area contributed by atoms with Crippen LogP contribution in [0.15, 0.2) is 0 Å². The quantitative estimate of drug-likeness (QED) is 0.356. The van der Waals surface area contributed by atoms with Gasteiger partial charge in [0.25, 0.3) is 10.0 Å².